The van der Waals surface area contributed by atoms with Gasteiger partial charge in [-0.2, -0.15) is 0 Å². The van der Waals surface area contributed by atoms with Crippen LogP contribution < -0.4 is 10.6 Å². The summed E-state index contributed by atoms with van der Waals surface area (Å²) in [6.07, 6.45) is 2.44. The van der Waals surface area contributed by atoms with E-state index in [2.05, 4.69) is 10.6 Å². The molecule has 17 heavy (non-hydrogen) atoms. The van der Waals surface area contributed by atoms with E-state index in [4.69, 9.17) is 4.74 Å². The summed E-state index contributed by atoms with van der Waals surface area (Å²) in [5.41, 5.74) is 0. The first-order valence-electron chi connectivity index (χ1n) is 6.16. The van der Waals surface area contributed by atoms with Crippen LogP contribution in [-0.4, -0.2) is 37.6 Å². The molecule has 1 rings (SSSR count). The molecule has 0 bridgehead atoms. The van der Waals surface area contributed by atoms with Gasteiger partial charge in [0.2, 0.25) is 5.91 Å². The fraction of sp³-hybridized carbons (Fsp3) is 0.833. The third-order valence-electron chi connectivity index (χ3n) is 2.89. The Balaban J connectivity index is 2.52. The fourth-order valence-corrected chi connectivity index (χ4v) is 2.01. The molecule has 0 aliphatic carbocycles. The molecule has 1 aliphatic rings. The maximum absolute atomic E-state index is 11.9. The molecule has 98 valence electrons. The molecule has 5 heteroatoms. The lowest BCUT2D eigenvalue weighted by molar-refractivity contribution is -0.145. The topological polar surface area (TPSA) is 67.4 Å². The Kier molecular flexibility index (Phi) is 5.41. The molecular weight excluding hydrogens is 220 g/mol. The first-order valence-corrected chi connectivity index (χ1v) is 6.16. The average Bonchev–Trinajstić information content (AvgIpc) is 2.79. The summed E-state index contributed by atoms with van der Waals surface area (Å²) >= 11 is 0. The Morgan fingerprint density at radius 1 is 1.47 bits per heavy atom. The third-order valence-corrected chi connectivity index (χ3v) is 2.89. The number of hydrogen-bond donors (Lipinski definition) is 2. The zero-order chi connectivity index (χ0) is 12.8. The molecule has 2 N–H and O–H groups in total. The Morgan fingerprint density at radius 2 is 2.18 bits per heavy atom. The first-order chi connectivity index (χ1) is 8.04. The van der Waals surface area contributed by atoms with Crippen molar-refractivity contribution in [1.29, 1.82) is 0 Å². The number of ether oxygens (including phenoxy) is 1. The van der Waals surface area contributed by atoms with Crippen molar-refractivity contribution in [3.8, 4) is 0 Å². The first kappa shape index (κ1) is 14.0. The summed E-state index contributed by atoms with van der Waals surface area (Å²) in [6, 6.07) is -0.691. The quantitative estimate of drug-likeness (QED) is 0.687. The number of hydrogen-bond acceptors (Lipinski definition) is 4. The van der Waals surface area contributed by atoms with Crippen molar-refractivity contribution in [3.05, 3.63) is 0 Å². The number of esters is 1. The van der Waals surface area contributed by atoms with Gasteiger partial charge in [0, 0.05) is 0 Å². The maximum Gasteiger partial charge on any atom is 0.328 e. The molecule has 0 saturated carbocycles. The van der Waals surface area contributed by atoms with E-state index in [0.717, 1.165) is 19.4 Å². The summed E-state index contributed by atoms with van der Waals surface area (Å²) in [5, 5.41) is 5.87. The van der Waals surface area contributed by atoms with Gasteiger partial charge in [-0.15, -0.1) is 0 Å². The van der Waals surface area contributed by atoms with Gasteiger partial charge in [-0.1, -0.05) is 13.8 Å². The van der Waals surface area contributed by atoms with Crippen molar-refractivity contribution in [3.63, 3.8) is 0 Å². The average molecular weight is 242 g/mol. The van der Waals surface area contributed by atoms with Gasteiger partial charge in [0.05, 0.1) is 13.2 Å². The van der Waals surface area contributed by atoms with E-state index >= 15 is 0 Å². The molecule has 2 atom stereocenters. The standard InChI is InChI=1S/C12H22N2O3/c1-8(2)7-10(12(16)17-3)14-11(15)9-5-4-6-13-9/h8-10,13H,4-7H2,1-3H3,(H,14,15)/t9-,10+/m1/s1. The Morgan fingerprint density at radius 3 is 2.65 bits per heavy atom. The van der Waals surface area contributed by atoms with Crippen LogP contribution in [0.15, 0.2) is 0 Å². The van der Waals surface area contributed by atoms with Gasteiger partial charge in [0.1, 0.15) is 6.04 Å². The molecule has 1 aliphatic heterocycles. The molecular formula is C12H22N2O3. The number of carbonyl (C=O) groups excluding carboxylic acids is 2. The highest BCUT2D eigenvalue weighted by molar-refractivity contribution is 5.87. The van der Waals surface area contributed by atoms with E-state index in [-0.39, 0.29) is 17.9 Å². The van der Waals surface area contributed by atoms with Gasteiger partial charge in [0.15, 0.2) is 0 Å². The van der Waals surface area contributed by atoms with Crippen molar-refractivity contribution in [1.82, 2.24) is 10.6 Å². The maximum atomic E-state index is 11.9. The van der Waals surface area contributed by atoms with Gasteiger partial charge in [-0.3, -0.25) is 4.79 Å². The second kappa shape index (κ2) is 6.59. The van der Waals surface area contributed by atoms with E-state index in [1.54, 1.807) is 0 Å². The van der Waals surface area contributed by atoms with Gasteiger partial charge < -0.3 is 15.4 Å². The third kappa shape index (κ3) is 4.34. The molecule has 1 fully saturated rings. The molecule has 0 radical (unpaired) electrons. The second-order valence-electron chi connectivity index (χ2n) is 4.86. The van der Waals surface area contributed by atoms with E-state index in [9.17, 15) is 9.59 Å². The van der Waals surface area contributed by atoms with Gasteiger partial charge in [0.25, 0.3) is 0 Å². The molecule has 0 aromatic heterocycles. The number of nitrogens with one attached hydrogen (secondary N) is 2. The zero-order valence-electron chi connectivity index (χ0n) is 10.8. The molecule has 1 heterocycles. The van der Waals surface area contributed by atoms with Crippen LogP contribution in [0.1, 0.15) is 33.1 Å². The van der Waals surface area contributed by atoms with Crippen molar-refractivity contribution >= 4 is 11.9 Å². The molecule has 1 amide bonds. The van der Waals surface area contributed by atoms with Crippen LogP contribution in [0.4, 0.5) is 0 Å². The SMILES string of the molecule is COC(=O)[C@H](CC(C)C)NC(=O)[C@H]1CCCN1. The van der Waals surface area contributed by atoms with E-state index < -0.39 is 6.04 Å². The number of methoxy groups -OCH3 is 1. The summed E-state index contributed by atoms with van der Waals surface area (Å²) in [6.45, 7) is 4.89. The van der Waals surface area contributed by atoms with Gasteiger partial charge in [-0.05, 0) is 31.7 Å². The lowest BCUT2D eigenvalue weighted by Crippen LogP contribution is -2.49. The summed E-state index contributed by atoms with van der Waals surface area (Å²) < 4.78 is 4.70. The second-order valence-corrected chi connectivity index (χ2v) is 4.86. The van der Waals surface area contributed by atoms with Crippen LogP contribution >= 0.6 is 0 Å². The van der Waals surface area contributed by atoms with Crippen molar-refractivity contribution in [2.45, 2.75) is 45.2 Å². The molecule has 0 aromatic rings. The number of amides is 1. The lowest BCUT2D eigenvalue weighted by Gasteiger charge is -2.20. The minimum atomic E-state index is -0.533. The molecule has 5 nitrogen and oxygen atoms in total. The van der Waals surface area contributed by atoms with Crippen LogP contribution in [0.5, 0.6) is 0 Å². The van der Waals surface area contributed by atoms with Crippen molar-refractivity contribution in [2.75, 3.05) is 13.7 Å². The molecule has 1 saturated heterocycles. The Bertz CT molecular complexity index is 273. The highest BCUT2D eigenvalue weighted by Crippen LogP contribution is 2.09. The fourth-order valence-electron chi connectivity index (χ4n) is 2.01. The predicted octanol–water partition coefficient (Wildman–Crippen LogP) is 0.442. The highest BCUT2D eigenvalue weighted by atomic mass is 16.5. The van der Waals surface area contributed by atoms with Crippen LogP contribution in [0.3, 0.4) is 0 Å². The summed E-state index contributed by atoms with van der Waals surface area (Å²) in [7, 11) is 1.34. The number of carbonyl (C=O) groups is 2. The molecule has 0 spiro atoms. The van der Waals surface area contributed by atoms with Crippen LogP contribution in [0.25, 0.3) is 0 Å². The van der Waals surface area contributed by atoms with E-state index in [1.807, 2.05) is 13.8 Å². The van der Waals surface area contributed by atoms with Crippen LogP contribution in [-0.2, 0) is 14.3 Å². The lowest BCUT2D eigenvalue weighted by atomic mass is 10.0. The van der Waals surface area contributed by atoms with Gasteiger partial charge in [-0.25, -0.2) is 4.79 Å². The van der Waals surface area contributed by atoms with Crippen molar-refractivity contribution < 1.29 is 14.3 Å². The van der Waals surface area contributed by atoms with Crippen LogP contribution in [0, 0.1) is 5.92 Å². The van der Waals surface area contributed by atoms with E-state index in [1.165, 1.54) is 7.11 Å². The Labute approximate surface area is 102 Å². The highest BCUT2D eigenvalue weighted by Gasteiger charge is 2.28. The predicted molar refractivity (Wildman–Crippen MR) is 64.4 cm³/mol. The monoisotopic (exact) mass is 242 g/mol. The zero-order valence-corrected chi connectivity index (χ0v) is 10.8. The van der Waals surface area contributed by atoms with E-state index in [0.29, 0.717) is 12.3 Å². The smallest absolute Gasteiger partial charge is 0.328 e. The minimum Gasteiger partial charge on any atom is -0.467 e. The van der Waals surface area contributed by atoms with Crippen LogP contribution in [0.2, 0.25) is 0 Å². The van der Waals surface area contributed by atoms with Gasteiger partial charge >= 0.3 is 5.97 Å². The largest absolute Gasteiger partial charge is 0.467 e. The summed E-state index contributed by atoms with van der Waals surface area (Å²) in [4.78, 5) is 23.4. The van der Waals surface area contributed by atoms with Crippen molar-refractivity contribution in [2.24, 2.45) is 5.92 Å². The Hall–Kier alpha value is -1.10. The summed E-state index contributed by atoms with van der Waals surface area (Å²) in [5.74, 6) is -0.139. The normalized spacial score (nSPS) is 21.3. The number of rotatable bonds is 5. The minimum absolute atomic E-state index is 0.0986. The molecule has 0 unspecified atom stereocenters. The molecule has 0 aromatic carbocycles.